The zero-order valence-corrected chi connectivity index (χ0v) is 14.6. The fraction of sp³-hybridized carbons (Fsp3) is 0.222. The van der Waals surface area contributed by atoms with Crippen molar-refractivity contribution in [1.82, 2.24) is 15.3 Å². The van der Waals surface area contributed by atoms with Gasteiger partial charge in [0.25, 0.3) is 17.4 Å². The van der Waals surface area contributed by atoms with Gasteiger partial charge in [-0.15, -0.1) is 11.3 Å². The van der Waals surface area contributed by atoms with Gasteiger partial charge >= 0.3 is 0 Å². The summed E-state index contributed by atoms with van der Waals surface area (Å²) in [6, 6.07) is 6.60. The van der Waals surface area contributed by atoms with Gasteiger partial charge in [0.15, 0.2) is 0 Å². The van der Waals surface area contributed by atoms with Gasteiger partial charge in [0, 0.05) is 11.3 Å². The minimum atomic E-state index is -0.777. The van der Waals surface area contributed by atoms with Crippen LogP contribution in [0.1, 0.15) is 50.9 Å². The Balaban J connectivity index is 1.65. The average Bonchev–Trinajstić information content (AvgIpc) is 3.08. The van der Waals surface area contributed by atoms with E-state index in [4.69, 9.17) is 5.73 Å². The summed E-state index contributed by atoms with van der Waals surface area (Å²) in [5.41, 5.74) is 9.35. The van der Waals surface area contributed by atoms with Crippen LogP contribution < -0.4 is 16.6 Å². The van der Waals surface area contributed by atoms with Crippen molar-refractivity contribution in [2.75, 3.05) is 0 Å². The van der Waals surface area contributed by atoms with Crippen LogP contribution in [0.15, 0.2) is 34.6 Å². The summed E-state index contributed by atoms with van der Waals surface area (Å²) >= 11 is 1.48. The third kappa shape index (κ3) is 2.88. The van der Waals surface area contributed by atoms with E-state index >= 15 is 0 Å². The normalized spacial score (nSPS) is 16.2. The van der Waals surface area contributed by atoms with E-state index in [9.17, 15) is 14.4 Å². The molecule has 1 aliphatic rings. The van der Waals surface area contributed by atoms with Gasteiger partial charge in [0.05, 0.1) is 21.8 Å². The fourth-order valence-electron chi connectivity index (χ4n) is 3.31. The number of hydrogen-bond donors (Lipinski definition) is 3. The van der Waals surface area contributed by atoms with Crippen LogP contribution in [0.4, 0.5) is 0 Å². The number of primary amides is 1. The number of carbonyl (C=O) groups excluding carboxylic acids is 2. The molecule has 26 heavy (non-hydrogen) atoms. The summed E-state index contributed by atoms with van der Waals surface area (Å²) in [5, 5.41) is 3.00. The van der Waals surface area contributed by atoms with Crippen LogP contribution in [0.5, 0.6) is 0 Å². The van der Waals surface area contributed by atoms with Crippen LogP contribution in [0.3, 0.4) is 0 Å². The second kappa shape index (κ2) is 6.38. The van der Waals surface area contributed by atoms with Crippen LogP contribution in [-0.2, 0) is 6.42 Å². The van der Waals surface area contributed by atoms with Crippen LogP contribution in [0, 0.1) is 0 Å². The van der Waals surface area contributed by atoms with Gasteiger partial charge in [-0.05, 0) is 49.1 Å². The molecule has 4 N–H and O–H groups in total. The summed E-state index contributed by atoms with van der Waals surface area (Å²) < 4.78 is 0.946. The number of fused-ring (bicyclic) bond motifs is 2. The van der Waals surface area contributed by atoms with E-state index in [-0.39, 0.29) is 17.5 Å². The van der Waals surface area contributed by atoms with Gasteiger partial charge in [-0.1, -0.05) is 0 Å². The van der Waals surface area contributed by atoms with E-state index in [1.165, 1.54) is 17.4 Å². The first-order valence-corrected chi connectivity index (χ1v) is 9.11. The Morgan fingerprint density at radius 3 is 2.96 bits per heavy atom. The summed E-state index contributed by atoms with van der Waals surface area (Å²) in [4.78, 5) is 43.0. The maximum Gasteiger partial charge on any atom is 0.261 e. The van der Waals surface area contributed by atoms with Crippen molar-refractivity contribution >= 4 is 33.4 Å². The lowest BCUT2D eigenvalue weighted by atomic mass is 9.90. The molecule has 2 aromatic heterocycles. The Kier molecular flexibility index (Phi) is 4.04. The van der Waals surface area contributed by atoms with Crippen molar-refractivity contribution in [1.29, 1.82) is 0 Å². The monoisotopic (exact) mass is 368 g/mol. The number of nitrogens with two attached hydrogens (primary N) is 1. The third-order valence-electron chi connectivity index (χ3n) is 4.62. The maximum absolute atomic E-state index is 12.7. The topological polar surface area (TPSA) is 118 Å². The number of hydrogen-bond acceptors (Lipinski definition) is 5. The highest BCUT2D eigenvalue weighted by molar-refractivity contribution is 7.16. The van der Waals surface area contributed by atoms with Crippen LogP contribution in [0.25, 0.3) is 10.2 Å². The molecule has 0 spiro atoms. The number of aryl methyl sites for hydroxylation is 1. The van der Waals surface area contributed by atoms with Crippen molar-refractivity contribution in [2.24, 2.45) is 5.73 Å². The first kappa shape index (κ1) is 16.5. The first-order chi connectivity index (χ1) is 12.5. The highest BCUT2D eigenvalue weighted by Gasteiger charge is 2.25. The standard InChI is InChI=1S/C18H16N4O3S/c19-16(23)11-7-10-12(2-1-3-13(10)22-18(11)25)21-17(24)9-4-5-14-15(6-9)26-8-20-14/h4-8,12H,1-3H2,(H2,19,23)(H,21,24)(H,22,25). The molecule has 3 aromatic rings. The SMILES string of the molecule is NC(=O)c1cc2c([nH]c1=O)CCCC2NC(=O)c1ccc2ncsc2c1. The lowest BCUT2D eigenvalue weighted by molar-refractivity contribution is 0.0932. The van der Waals surface area contributed by atoms with Gasteiger partial charge in [0.1, 0.15) is 5.56 Å². The van der Waals surface area contributed by atoms with Gasteiger partial charge in [-0.3, -0.25) is 14.4 Å². The van der Waals surface area contributed by atoms with E-state index < -0.39 is 11.5 Å². The summed E-state index contributed by atoms with van der Waals surface area (Å²) in [6.07, 6.45) is 2.26. The number of nitrogens with one attached hydrogen (secondary N) is 2. The number of nitrogens with zero attached hydrogens (tertiary/aromatic N) is 1. The van der Waals surface area contributed by atoms with Crippen molar-refractivity contribution in [3.8, 4) is 0 Å². The van der Waals surface area contributed by atoms with Gasteiger partial charge in [0.2, 0.25) is 0 Å². The molecule has 0 saturated heterocycles. The molecule has 7 nitrogen and oxygen atoms in total. The largest absolute Gasteiger partial charge is 0.365 e. The van der Waals surface area contributed by atoms with E-state index in [1.54, 1.807) is 11.6 Å². The number of amides is 2. The molecular weight excluding hydrogens is 352 g/mol. The van der Waals surface area contributed by atoms with Crippen molar-refractivity contribution in [2.45, 2.75) is 25.3 Å². The smallest absolute Gasteiger partial charge is 0.261 e. The number of rotatable bonds is 3. The number of benzene rings is 1. The molecular formula is C18H16N4O3S. The van der Waals surface area contributed by atoms with E-state index in [2.05, 4.69) is 15.3 Å². The van der Waals surface area contributed by atoms with E-state index in [0.717, 1.165) is 34.3 Å². The number of carbonyl (C=O) groups is 2. The Bertz CT molecular complexity index is 1090. The van der Waals surface area contributed by atoms with E-state index in [1.807, 2.05) is 12.1 Å². The predicted octanol–water partition coefficient (Wildman–Crippen LogP) is 1.89. The zero-order chi connectivity index (χ0) is 18.3. The fourth-order valence-corrected chi connectivity index (χ4v) is 4.03. The average molecular weight is 368 g/mol. The van der Waals surface area contributed by atoms with Gasteiger partial charge in [-0.25, -0.2) is 4.98 Å². The number of H-pyrrole nitrogens is 1. The van der Waals surface area contributed by atoms with Crippen LogP contribution in [-0.4, -0.2) is 21.8 Å². The number of aromatic amines is 1. The van der Waals surface area contributed by atoms with Crippen molar-refractivity contribution in [3.05, 3.63) is 62.5 Å². The Labute approximate surface area is 152 Å². The number of aromatic nitrogens is 2. The molecule has 8 heteroatoms. The molecule has 1 aliphatic carbocycles. The molecule has 1 unspecified atom stereocenters. The summed E-state index contributed by atoms with van der Waals surface area (Å²) in [5.74, 6) is -0.981. The highest BCUT2D eigenvalue weighted by Crippen LogP contribution is 2.29. The van der Waals surface area contributed by atoms with Gasteiger partial charge in [-0.2, -0.15) is 0 Å². The molecule has 0 fully saturated rings. The minimum Gasteiger partial charge on any atom is -0.365 e. The molecule has 0 bridgehead atoms. The molecule has 2 amide bonds. The Hall–Kier alpha value is -3.00. The van der Waals surface area contributed by atoms with Crippen molar-refractivity contribution in [3.63, 3.8) is 0 Å². The molecule has 1 aromatic carbocycles. The number of thiazole rings is 1. The van der Waals surface area contributed by atoms with Crippen LogP contribution >= 0.6 is 11.3 Å². The second-order valence-corrected chi connectivity index (χ2v) is 7.15. The molecule has 132 valence electrons. The van der Waals surface area contributed by atoms with E-state index in [0.29, 0.717) is 12.0 Å². The van der Waals surface area contributed by atoms with Crippen LogP contribution in [0.2, 0.25) is 0 Å². The molecule has 1 atom stereocenters. The summed E-state index contributed by atoms with van der Waals surface area (Å²) in [7, 11) is 0. The highest BCUT2D eigenvalue weighted by atomic mass is 32.1. The van der Waals surface area contributed by atoms with Crippen molar-refractivity contribution < 1.29 is 9.59 Å². The van der Waals surface area contributed by atoms with Gasteiger partial charge < -0.3 is 16.0 Å². The molecule has 4 rings (SSSR count). The molecule has 0 saturated carbocycles. The molecule has 2 heterocycles. The first-order valence-electron chi connectivity index (χ1n) is 8.23. The lowest BCUT2D eigenvalue weighted by Gasteiger charge is -2.26. The minimum absolute atomic E-state index is 0.0871. The lowest BCUT2D eigenvalue weighted by Crippen LogP contribution is -2.34. The Morgan fingerprint density at radius 2 is 2.15 bits per heavy atom. The Morgan fingerprint density at radius 1 is 1.31 bits per heavy atom. The molecule has 0 radical (unpaired) electrons. The third-order valence-corrected chi connectivity index (χ3v) is 5.41. The predicted molar refractivity (Wildman–Crippen MR) is 98.3 cm³/mol. The zero-order valence-electron chi connectivity index (χ0n) is 13.7. The second-order valence-electron chi connectivity index (χ2n) is 6.26. The quantitative estimate of drug-likeness (QED) is 0.654. The summed E-state index contributed by atoms with van der Waals surface area (Å²) in [6.45, 7) is 0. The number of pyridine rings is 1. The molecule has 0 aliphatic heterocycles. The maximum atomic E-state index is 12.7.